The molecule has 0 spiro atoms. The van der Waals surface area contributed by atoms with Crippen LogP contribution in [0, 0.1) is 6.92 Å². The van der Waals surface area contributed by atoms with Gasteiger partial charge in [0.25, 0.3) is 0 Å². The molecule has 1 unspecified atom stereocenters. The van der Waals surface area contributed by atoms with Gasteiger partial charge in [0.2, 0.25) is 5.95 Å². The zero-order chi connectivity index (χ0) is 15.2. The van der Waals surface area contributed by atoms with E-state index >= 15 is 0 Å². The highest BCUT2D eigenvalue weighted by Gasteiger charge is 2.24. The molecule has 1 aromatic rings. The molecule has 1 N–H and O–H groups in total. The van der Waals surface area contributed by atoms with Gasteiger partial charge >= 0.3 is 0 Å². The third-order valence-corrected chi connectivity index (χ3v) is 4.12. The highest BCUT2D eigenvalue weighted by Crippen LogP contribution is 2.24. The molecular formula is C16H29N5. The Labute approximate surface area is 128 Å². The summed E-state index contributed by atoms with van der Waals surface area (Å²) in [6, 6.07) is 0.533. The Kier molecular flexibility index (Phi) is 5.79. The topological polar surface area (TPSA) is 44.3 Å². The predicted octanol–water partition coefficient (Wildman–Crippen LogP) is 2.53. The smallest absolute Gasteiger partial charge is 0.224 e. The van der Waals surface area contributed by atoms with E-state index in [0.717, 1.165) is 50.8 Å². The summed E-state index contributed by atoms with van der Waals surface area (Å²) >= 11 is 0. The molecular weight excluding hydrogens is 262 g/mol. The lowest BCUT2D eigenvalue weighted by molar-refractivity contribution is 0.327. The largest absolute Gasteiger partial charge is 0.354 e. The van der Waals surface area contributed by atoms with Crippen LogP contribution in [0.4, 0.5) is 11.8 Å². The highest BCUT2D eigenvalue weighted by atomic mass is 15.3. The first-order chi connectivity index (χ1) is 10.2. The fourth-order valence-electron chi connectivity index (χ4n) is 2.92. The number of rotatable bonds is 5. The quantitative estimate of drug-likeness (QED) is 0.903. The van der Waals surface area contributed by atoms with Crippen LogP contribution in [0.5, 0.6) is 0 Å². The minimum absolute atomic E-state index is 0.533. The molecule has 21 heavy (non-hydrogen) atoms. The molecule has 1 aromatic heterocycles. The molecule has 5 nitrogen and oxygen atoms in total. The first-order valence-corrected chi connectivity index (χ1v) is 8.18. The first kappa shape index (κ1) is 16.0. The van der Waals surface area contributed by atoms with Crippen molar-refractivity contribution in [2.45, 2.75) is 46.1 Å². The van der Waals surface area contributed by atoms with E-state index in [1.807, 2.05) is 6.20 Å². The lowest BCUT2D eigenvalue weighted by Gasteiger charge is -2.32. The van der Waals surface area contributed by atoms with Crippen LogP contribution in [0.2, 0.25) is 0 Å². The number of hydrogen-bond acceptors (Lipinski definition) is 5. The molecule has 1 saturated heterocycles. The molecule has 1 aliphatic heterocycles. The standard InChI is InChI=1S/C16H29N5/c1-5-8-17-16-18-11-13(3)15(19-16)21-10-7-9-20(4)12-14(21)6-2/h11,14H,5-10,12H2,1-4H3,(H,17,18,19). The summed E-state index contributed by atoms with van der Waals surface area (Å²) in [5, 5.41) is 3.30. The Bertz CT molecular complexity index is 448. The number of likely N-dealkylation sites (N-methyl/N-ethyl adjacent to an activating group) is 1. The van der Waals surface area contributed by atoms with Crippen molar-refractivity contribution < 1.29 is 0 Å². The van der Waals surface area contributed by atoms with Gasteiger partial charge in [0, 0.05) is 37.4 Å². The van der Waals surface area contributed by atoms with Crippen LogP contribution < -0.4 is 10.2 Å². The van der Waals surface area contributed by atoms with Crippen LogP contribution >= 0.6 is 0 Å². The lowest BCUT2D eigenvalue weighted by Crippen LogP contribution is -2.40. The van der Waals surface area contributed by atoms with E-state index in [9.17, 15) is 0 Å². The second-order valence-electron chi connectivity index (χ2n) is 6.00. The zero-order valence-electron chi connectivity index (χ0n) is 13.9. The van der Waals surface area contributed by atoms with Crippen molar-refractivity contribution in [2.24, 2.45) is 0 Å². The molecule has 118 valence electrons. The predicted molar refractivity (Wildman–Crippen MR) is 89.1 cm³/mol. The minimum Gasteiger partial charge on any atom is -0.354 e. The summed E-state index contributed by atoms with van der Waals surface area (Å²) < 4.78 is 0. The fourth-order valence-corrected chi connectivity index (χ4v) is 2.92. The van der Waals surface area contributed by atoms with E-state index in [-0.39, 0.29) is 0 Å². The van der Waals surface area contributed by atoms with Crippen molar-refractivity contribution in [3.8, 4) is 0 Å². The van der Waals surface area contributed by atoms with Crippen molar-refractivity contribution in [2.75, 3.05) is 43.4 Å². The average Bonchev–Trinajstić information content (AvgIpc) is 2.67. The Morgan fingerprint density at radius 3 is 2.86 bits per heavy atom. The number of hydrogen-bond donors (Lipinski definition) is 1. The van der Waals surface area contributed by atoms with Gasteiger partial charge in [-0.1, -0.05) is 13.8 Å². The van der Waals surface area contributed by atoms with Crippen molar-refractivity contribution in [1.29, 1.82) is 0 Å². The number of nitrogens with zero attached hydrogens (tertiary/aromatic N) is 4. The maximum Gasteiger partial charge on any atom is 0.224 e. The Morgan fingerprint density at radius 2 is 2.14 bits per heavy atom. The highest BCUT2D eigenvalue weighted by molar-refractivity contribution is 5.50. The third kappa shape index (κ3) is 4.06. The molecule has 2 rings (SSSR count). The maximum atomic E-state index is 4.78. The van der Waals surface area contributed by atoms with Crippen LogP contribution in [0.1, 0.15) is 38.7 Å². The number of anilines is 2. The Morgan fingerprint density at radius 1 is 1.33 bits per heavy atom. The summed E-state index contributed by atoms with van der Waals surface area (Å²) in [5.41, 5.74) is 1.17. The van der Waals surface area contributed by atoms with Gasteiger partial charge < -0.3 is 15.1 Å². The molecule has 5 heteroatoms. The van der Waals surface area contributed by atoms with Crippen LogP contribution in [0.3, 0.4) is 0 Å². The van der Waals surface area contributed by atoms with E-state index in [4.69, 9.17) is 4.98 Å². The van der Waals surface area contributed by atoms with Crippen molar-refractivity contribution in [3.63, 3.8) is 0 Å². The fraction of sp³-hybridized carbons (Fsp3) is 0.750. The Hall–Kier alpha value is -1.36. The lowest BCUT2D eigenvalue weighted by atomic mass is 10.1. The molecule has 0 aliphatic carbocycles. The SMILES string of the molecule is CCCNc1ncc(C)c(N2CCCN(C)CC2CC)n1. The van der Waals surface area contributed by atoms with E-state index in [2.05, 4.69) is 47.9 Å². The Balaban J connectivity index is 2.24. The monoisotopic (exact) mass is 291 g/mol. The molecule has 0 aromatic carbocycles. The minimum atomic E-state index is 0.533. The second-order valence-corrected chi connectivity index (χ2v) is 6.00. The number of aromatic nitrogens is 2. The van der Waals surface area contributed by atoms with Gasteiger partial charge in [-0.3, -0.25) is 0 Å². The summed E-state index contributed by atoms with van der Waals surface area (Å²) in [6.45, 7) is 10.8. The summed E-state index contributed by atoms with van der Waals surface area (Å²) in [4.78, 5) is 14.1. The van der Waals surface area contributed by atoms with E-state index in [1.165, 1.54) is 12.0 Å². The van der Waals surface area contributed by atoms with Gasteiger partial charge in [-0.25, -0.2) is 4.98 Å². The molecule has 0 amide bonds. The van der Waals surface area contributed by atoms with E-state index in [0.29, 0.717) is 6.04 Å². The molecule has 0 radical (unpaired) electrons. The van der Waals surface area contributed by atoms with E-state index < -0.39 is 0 Å². The molecule has 0 bridgehead atoms. The summed E-state index contributed by atoms with van der Waals surface area (Å²) in [5.74, 6) is 1.86. The molecule has 0 saturated carbocycles. The van der Waals surface area contributed by atoms with E-state index in [1.54, 1.807) is 0 Å². The summed E-state index contributed by atoms with van der Waals surface area (Å²) in [7, 11) is 2.22. The van der Waals surface area contributed by atoms with Gasteiger partial charge in [0.1, 0.15) is 5.82 Å². The van der Waals surface area contributed by atoms with Gasteiger partial charge in [0.15, 0.2) is 0 Å². The summed E-state index contributed by atoms with van der Waals surface area (Å²) in [6.07, 6.45) is 5.36. The normalized spacial score (nSPS) is 20.4. The number of aryl methyl sites for hydroxylation is 1. The third-order valence-electron chi connectivity index (χ3n) is 4.12. The van der Waals surface area contributed by atoms with Crippen molar-refractivity contribution >= 4 is 11.8 Å². The van der Waals surface area contributed by atoms with Crippen LogP contribution in [0.25, 0.3) is 0 Å². The van der Waals surface area contributed by atoms with Gasteiger partial charge in [-0.2, -0.15) is 4.98 Å². The molecule has 1 atom stereocenters. The van der Waals surface area contributed by atoms with Crippen LogP contribution in [-0.4, -0.2) is 54.1 Å². The average molecular weight is 291 g/mol. The molecule has 2 heterocycles. The second kappa shape index (κ2) is 7.59. The zero-order valence-corrected chi connectivity index (χ0v) is 13.9. The van der Waals surface area contributed by atoms with Gasteiger partial charge in [-0.05, 0) is 39.8 Å². The van der Waals surface area contributed by atoms with Crippen molar-refractivity contribution in [1.82, 2.24) is 14.9 Å². The van der Waals surface area contributed by atoms with Crippen LogP contribution in [0.15, 0.2) is 6.20 Å². The van der Waals surface area contributed by atoms with Gasteiger partial charge in [-0.15, -0.1) is 0 Å². The van der Waals surface area contributed by atoms with Gasteiger partial charge in [0.05, 0.1) is 0 Å². The molecule has 1 fully saturated rings. The first-order valence-electron chi connectivity index (χ1n) is 8.18. The number of nitrogens with one attached hydrogen (secondary N) is 1. The van der Waals surface area contributed by atoms with Crippen molar-refractivity contribution in [3.05, 3.63) is 11.8 Å². The van der Waals surface area contributed by atoms with Crippen LogP contribution in [-0.2, 0) is 0 Å². The molecule has 1 aliphatic rings. The maximum absolute atomic E-state index is 4.78.